The Labute approximate surface area is 235 Å². The molecule has 1 fully saturated rings. The van der Waals surface area contributed by atoms with Gasteiger partial charge >= 0.3 is 0 Å². The highest BCUT2D eigenvalue weighted by atomic mass is 35.5. The van der Waals surface area contributed by atoms with Crippen LogP contribution in [0.15, 0.2) is 42.5 Å². The van der Waals surface area contributed by atoms with Crippen LogP contribution in [0.5, 0.6) is 0 Å². The number of likely N-dealkylation sites (N-methyl/N-ethyl adjacent to an activating group) is 1. The second-order valence-electron chi connectivity index (χ2n) is 11.5. The maximum Gasteiger partial charge on any atom is 0.228 e. The van der Waals surface area contributed by atoms with Crippen molar-refractivity contribution in [2.24, 2.45) is 11.3 Å². The van der Waals surface area contributed by atoms with Crippen LogP contribution in [-0.4, -0.2) is 42.7 Å². The lowest BCUT2D eigenvalue weighted by atomic mass is 9.77. The number of anilines is 1. The van der Waals surface area contributed by atoms with Gasteiger partial charge in [0.25, 0.3) is 0 Å². The molecule has 0 aromatic heterocycles. The normalized spacial score (nSPS) is 20.3. The highest BCUT2D eigenvalue weighted by Gasteiger charge is 2.37. The van der Waals surface area contributed by atoms with Crippen molar-refractivity contribution in [3.63, 3.8) is 0 Å². The molecule has 1 aliphatic rings. The predicted molar refractivity (Wildman–Crippen MR) is 153 cm³/mol. The van der Waals surface area contributed by atoms with Gasteiger partial charge in [-0.25, -0.2) is 4.39 Å². The summed E-state index contributed by atoms with van der Waals surface area (Å²) >= 11 is 12.2. The summed E-state index contributed by atoms with van der Waals surface area (Å²) < 4.78 is 14.0. The molecule has 2 unspecified atom stereocenters. The van der Waals surface area contributed by atoms with Gasteiger partial charge in [0.15, 0.2) is 0 Å². The third-order valence-corrected chi connectivity index (χ3v) is 6.99. The lowest BCUT2D eigenvalue weighted by Crippen LogP contribution is -2.51. The minimum absolute atomic E-state index is 0.0678. The van der Waals surface area contributed by atoms with E-state index in [4.69, 9.17) is 28.3 Å². The second kappa shape index (κ2) is 14.3. The zero-order valence-corrected chi connectivity index (χ0v) is 24.3. The molecule has 0 saturated heterocycles. The van der Waals surface area contributed by atoms with Crippen LogP contribution >= 0.6 is 23.2 Å². The van der Waals surface area contributed by atoms with Gasteiger partial charge in [-0.05, 0) is 87.0 Å². The lowest BCUT2D eigenvalue weighted by molar-refractivity contribution is -0.121. The molecule has 1 aliphatic carbocycles. The van der Waals surface area contributed by atoms with E-state index in [0.717, 1.165) is 6.42 Å². The van der Waals surface area contributed by atoms with E-state index < -0.39 is 11.4 Å². The highest BCUT2D eigenvalue weighted by Crippen LogP contribution is 2.35. The number of amides is 2. The van der Waals surface area contributed by atoms with Crippen LogP contribution in [0, 0.1) is 17.2 Å². The fourth-order valence-corrected chi connectivity index (χ4v) is 5.04. The van der Waals surface area contributed by atoms with Crippen LogP contribution in [0.4, 0.5) is 10.1 Å². The molecule has 2 aromatic rings. The number of carbonyl (C=O) groups excluding carboxylic acids is 2. The van der Waals surface area contributed by atoms with Crippen molar-refractivity contribution in [2.75, 3.05) is 18.9 Å². The first kappa shape index (κ1) is 32.0. The summed E-state index contributed by atoms with van der Waals surface area (Å²) in [6.07, 6.45) is 3.57. The zero-order valence-electron chi connectivity index (χ0n) is 22.8. The van der Waals surface area contributed by atoms with Crippen molar-refractivity contribution in [2.45, 2.75) is 70.9 Å². The quantitative estimate of drug-likeness (QED) is 0.259. The first-order valence-corrected chi connectivity index (χ1v) is 13.6. The molecule has 1 saturated carbocycles. The first-order chi connectivity index (χ1) is 17.7. The fourth-order valence-electron chi connectivity index (χ4n) is 4.62. The molecule has 0 bridgehead atoms. The van der Waals surface area contributed by atoms with Gasteiger partial charge in [-0.15, -0.1) is 0 Å². The molecule has 0 aliphatic heterocycles. The number of rotatable bonds is 10. The van der Waals surface area contributed by atoms with Crippen molar-refractivity contribution >= 4 is 41.2 Å². The summed E-state index contributed by atoms with van der Waals surface area (Å²) in [5, 5.41) is 18.8. The second-order valence-corrected chi connectivity index (χ2v) is 12.3. The number of benzene rings is 2. The molecule has 6 nitrogen and oxygen atoms in total. The molecule has 9 heteroatoms. The standard InChI is InChI=1S/C23H29Cl2FN2O.C6H11NO2/c1-23(2,3)9-8-20(22(29)28-19-7-5-6-16(24)13-19)21(14-27-4)15-10-17(25)12-18(26)11-15;1-6(9)2-5(3-6)7-4-8/h5-7,10-13,20-21,27H,8-9,14H2,1-4H3,(H,28,29);4-5,9H,2-3H2,1H3,(H,7,8). The number of carbonyl (C=O) groups is 2. The Bertz CT molecular complexity index is 1050. The Morgan fingerprint density at radius 1 is 1.18 bits per heavy atom. The molecule has 0 spiro atoms. The molecule has 0 radical (unpaired) electrons. The average molecular weight is 569 g/mol. The first-order valence-electron chi connectivity index (χ1n) is 12.8. The fraction of sp³-hybridized carbons (Fsp3) is 0.517. The minimum Gasteiger partial charge on any atom is -0.390 e. The number of nitrogens with one attached hydrogen (secondary N) is 3. The monoisotopic (exact) mass is 567 g/mol. The molecule has 2 amide bonds. The minimum atomic E-state index is -0.527. The van der Waals surface area contributed by atoms with Crippen LogP contribution in [0.2, 0.25) is 10.0 Å². The maximum atomic E-state index is 14.0. The summed E-state index contributed by atoms with van der Waals surface area (Å²) in [5.41, 5.74) is 0.896. The Kier molecular flexibility index (Phi) is 12.0. The van der Waals surface area contributed by atoms with Crippen molar-refractivity contribution < 1.29 is 19.1 Å². The number of hydrogen-bond acceptors (Lipinski definition) is 4. The van der Waals surface area contributed by atoms with E-state index >= 15 is 0 Å². The molecule has 2 atom stereocenters. The maximum absolute atomic E-state index is 14.0. The highest BCUT2D eigenvalue weighted by molar-refractivity contribution is 6.31. The summed E-state index contributed by atoms with van der Waals surface area (Å²) in [4.78, 5) is 23.1. The molecule has 0 heterocycles. The van der Waals surface area contributed by atoms with Crippen molar-refractivity contribution in [1.29, 1.82) is 0 Å². The Balaban J connectivity index is 0.000000474. The van der Waals surface area contributed by atoms with Gasteiger partial charge in [-0.1, -0.05) is 50.0 Å². The van der Waals surface area contributed by atoms with E-state index in [9.17, 15) is 14.0 Å². The third-order valence-electron chi connectivity index (χ3n) is 6.53. The summed E-state index contributed by atoms with van der Waals surface area (Å²) in [6, 6.07) is 11.7. The van der Waals surface area contributed by atoms with Crippen LogP contribution in [0.1, 0.15) is 64.9 Å². The van der Waals surface area contributed by atoms with E-state index in [1.54, 1.807) is 37.3 Å². The Morgan fingerprint density at radius 2 is 1.87 bits per heavy atom. The van der Waals surface area contributed by atoms with Gasteiger partial charge in [-0.2, -0.15) is 0 Å². The Hall–Kier alpha value is -2.19. The van der Waals surface area contributed by atoms with Crippen LogP contribution in [0.25, 0.3) is 0 Å². The van der Waals surface area contributed by atoms with E-state index in [1.165, 1.54) is 12.1 Å². The largest absolute Gasteiger partial charge is 0.390 e. The molecule has 4 N–H and O–H groups in total. The van der Waals surface area contributed by atoms with Gasteiger partial charge in [0, 0.05) is 40.2 Å². The zero-order chi connectivity index (χ0) is 28.5. The van der Waals surface area contributed by atoms with Crippen molar-refractivity contribution in [1.82, 2.24) is 10.6 Å². The topological polar surface area (TPSA) is 90.5 Å². The summed E-state index contributed by atoms with van der Waals surface area (Å²) in [7, 11) is 1.82. The van der Waals surface area contributed by atoms with E-state index in [0.29, 0.717) is 53.5 Å². The Morgan fingerprint density at radius 3 is 2.39 bits per heavy atom. The van der Waals surface area contributed by atoms with E-state index in [2.05, 4.69) is 36.7 Å². The summed E-state index contributed by atoms with van der Waals surface area (Å²) in [6.45, 7) is 8.73. The average Bonchev–Trinajstić information content (AvgIpc) is 2.76. The van der Waals surface area contributed by atoms with Gasteiger partial charge in [0.1, 0.15) is 5.82 Å². The molecule has 3 rings (SSSR count). The van der Waals surface area contributed by atoms with Gasteiger partial charge in [0.05, 0.1) is 5.60 Å². The molecule has 2 aromatic carbocycles. The summed E-state index contributed by atoms with van der Waals surface area (Å²) in [5.74, 6) is -1.11. The molecule has 210 valence electrons. The lowest BCUT2D eigenvalue weighted by Gasteiger charge is -2.40. The number of aliphatic hydroxyl groups is 1. The van der Waals surface area contributed by atoms with Gasteiger partial charge in [0.2, 0.25) is 12.3 Å². The third kappa shape index (κ3) is 10.9. The van der Waals surface area contributed by atoms with Gasteiger partial charge < -0.3 is 21.1 Å². The number of halogens is 3. The van der Waals surface area contributed by atoms with E-state index in [-0.39, 0.29) is 29.2 Å². The predicted octanol–water partition coefficient (Wildman–Crippen LogP) is 6.16. The van der Waals surface area contributed by atoms with Gasteiger partial charge in [-0.3, -0.25) is 9.59 Å². The van der Waals surface area contributed by atoms with Crippen molar-refractivity contribution in [3.05, 3.63) is 63.9 Å². The number of hydrogen-bond donors (Lipinski definition) is 4. The molecular weight excluding hydrogens is 528 g/mol. The van der Waals surface area contributed by atoms with Crippen molar-refractivity contribution in [3.8, 4) is 0 Å². The van der Waals surface area contributed by atoms with Crippen LogP contribution in [0.3, 0.4) is 0 Å². The molecular formula is C29H40Cl2FN3O3. The SMILES string of the molecule is CC1(O)CC(NC=O)C1.CNCC(c1cc(F)cc(Cl)c1)C(CCC(C)(C)C)C(=O)Nc1cccc(Cl)c1. The van der Waals surface area contributed by atoms with Crippen LogP contribution in [-0.2, 0) is 9.59 Å². The van der Waals surface area contributed by atoms with Crippen LogP contribution < -0.4 is 16.0 Å². The van der Waals surface area contributed by atoms with E-state index in [1.807, 2.05) is 7.05 Å². The smallest absolute Gasteiger partial charge is 0.228 e. The molecule has 38 heavy (non-hydrogen) atoms.